The van der Waals surface area contributed by atoms with Crippen LogP contribution in [-0.2, 0) is 0 Å². The topological polar surface area (TPSA) is 66.4 Å². The van der Waals surface area contributed by atoms with E-state index in [1.165, 1.54) is 5.56 Å². The number of nitrogens with zero attached hydrogens (tertiary/aromatic N) is 5. The number of aromatic nitrogens is 3. The fourth-order valence-corrected chi connectivity index (χ4v) is 3.56. The van der Waals surface area contributed by atoms with Crippen molar-refractivity contribution in [1.29, 1.82) is 0 Å². The summed E-state index contributed by atoms with van der Waals surface area (Å²) in [7, 11) is 1.71. The van der Waals surface area contributed by atoms with Gasteiger partial charge in [-0.15, -0.1) is 5.10 Å². The average molecular weight is 390 g/mol. The Hall–Kier alpha value is -3.35. The Kier molecular flexibility index (Phi) is 5.46. The summed E-state index contributed by atoms with van der Waals surface area (Å²) < 4.78 is 5.51. The third-order valence-corrected chi connectivity index (χ3v) is 5.22. The van der Waals surface area contributed by atoms with E-state index < -0.39 is 0 Å². The van der Waals surface area contributed by atoms with Crippen LogP contribution in [0.4, 0.5) is 23.1 Å². The Morgan fingerprint density at radius 3 is 2.52 bits per heavy atom. The largest absolute Gasteiger partial charge is 0.495 e. The smallest absolute Gasteiger partial charge is 0.249 e. The summed E-state index contributed by atoms with van der Waals surface area (Å²) >= 11 is 0. The molecule has 1 fully saturated rings. The molecule has 4 rings (SSSR count). The summed E-state index contributed by atoms with van der Waals surface area (Å²) in [5, 5.41) is 11.6. The van der Waals surface area contributed by atoms with Crippen molar-refractivity contribution in [3.8, 4) is 5.75 Å². The van der Waals surface area contributed by atoms with Crippen LogP contribution in [-0.4, -0.2) is 48.5 Å². The van der Waals surface area contributed by atoms with Crippen LogP contribution in [0.1, 0.15) is 11.1 Å². The van der Waals surface area contributed by atoms with Gasteiger partial charge in [0.2, 0.25) is 5.95 Å². The van der Waals surface area contributed by atoms with E-state index in [0.29, 0.717) is 5.95 Å². The number of piperazine rings is 1. The maximum atomic E-state index is 5.51. The van der Waals surface area contributed by atoms with Gasteiger partial charge in [-0.1, -0.05) is 24.3 Å². The first kappa shape index (κ1) is 19.0. The maximum absolute atomic E-state index is 5.51. The third-order valence-electron chi connectivity index (χ3n) is 5.22. The zero-order chi connectivity index (χ0) is 20.2. The van der Waals surface area contributed by atoms with Gasteiger partial charge < -0.3 is 19.9 Å². The summed E-state index contributed by atoms with van der Waals surface area (Å²) in [6.07, 6.45) is 1.73. The van der Waals surface area contributed by atoms with Gasteiger partial charge in [-0.3, -0.25) is 0 Å². The van der Waals surface area contributed by atoms with E-state index in [0.717, 1.165) is 54.7 Å². The fourth-order valence-electron chi connectivity index (χ4n) is 3.56. The van der Waals surface area contributed by atoms with Gasteiger partial charge >= 0.3 is 0 Å². The maximum Gasteiger partial charge on any atom is 0.249 e. The lowest BCUT2D eigenvalue weighted by atomic mass is 10.1. The van der Waals surface area contributed by atoms with Crippen LogP contribution in [0.15, 0.2) is 48.7 Å². The van der Waals surface area contributed by atoms with Crippen molar-refractivity contribution in [3.05, 3.63) is 59.8 Å². The van der Waals surface area contributed by atoms with Crippen molar-refractivity contribution in [2.45, 2.75) is 13.8 Å². The zero-order valence-electron chi connectivity index (χ0n) is 17.1. The molecule has 1 aliphatic heterocycles. The molecule has 1 saturated heterocycles. The molecule has 0 amide bonds. The van der Waals surface area contributed by atoms with Crippen LogP contribution in [0.25, 0.3) is 0 Å². The van der Waals surface area contributed by atoms with Crippen molar-refractivity contribution in [2.75, 3.05) is 48.4 Å². The number of rotatable bonds is 5. The number of benzene rings is 2. The standard InChI is InChI=1S/C22H26N6O/c1-16-8-9-17(2)18(14-16)24-22-25-21(15-23-26-22)28-12-10-27(11-13-28)19-6-4-5-7-20(19)29-3/h4-9,14-15H,10-13H2,1-3H3,(H,24,25,26). The van der Waals surface area contributed by atoms with E-state index in [4.69, 9.17) is 9.72 Å². The van der Waals surface area contributed by atoms with Gasteiger partial charge in [0.15, 0.2) is 5.82 Å². The van der Waals surface area contributed by atoms with Crippen LogP contribution in [0.2, 0.25) is 0 Å². The van der Waals surface area contributed by atoms with Crippen LogP contribution in [0.5, 0.6) is 5.75 Å². The molecule has 29 heavy (non-hydrogen) atoms. The van der Waals surface area contributed by atoms with Crippen molar-refractivity contribution in [1.82, 2.24) is 15.2 Å². The highest BCUT2D eigenvalue weighted by Gasteiger charge is 2.21. The molecule has 0 aliphatic carbocycles. The normalized spacial score (nSPS) is 14.0. The van der Waals surface area contributed by atoms with E-state index in [1.54, 1.807) is 13.3 Å². The van der Waals surface area contributed by atoms with Crippen molar-refractivity contribution in [2.24, 2.45) is 0 Å². The van der Waals surface area contributed by atoms with E-state index in [1.807, 2.05) is 18.2 Å². The third kappa shape index (κ3) is 4.23. The number of hydrogen-bond acceptors (Lipinski definition) is 7. The lowest BCUT2D eigenvalue weighted by molar-refractivity contribution is 0.413. The second-order valence-corrected chi connectivity index (χ2v) is 7.23. The van der Waals surface area contributed by atoms with Crippen molar-refractivity contribution in [3.63, 3.8) is 0 Å². The molecule has 0 radical (unpaired) electrons. The summed E-state index contributed by atoms with van der Waals surface area (Å²) in [6, 6.07) is 14.4. The lowest BCUT2D eigenvalue weighted by Gasteiger charge is -2.37. The first-order chi connectivity index (χ1) is 14.1. The number of anilines is 4. The van der Waals surface area contributed by atoms with Gasteiger partial charge in [-0.25, -0.2) is 0 Å². The summed E-state index contributed by atoms with van der Waals surface area (Å²) in [5.74, 6) is 2.26. The van der Waals surface area contributed by atoms with E-state index in [-0.39, 0.29) is 0 Å². The predicted molar refractivity (Wildman–Crippen MR) is 116 cm³/mol. The fraction of sp³-hybridized carbons (Fsp3) is 0.318. The molecular formula is C22H26N6O. The Balaban J connectivity index is 1.45. The number of methoxy groups -OCH3 is 1. The van der Waals surface area contributed by atoms with Gasteiger partial charge in [-0.05, 0) is 43.2 Å². The van der Waals surface area contributed by atoms with Crippen molar-refractivity contribution >= 4 is 23.1 Å². The summed E-state index contributed by atoms with van der Waals surface area (Å²) in [6.45, 7) is 7.64. The van der Waals surface area contributed by atoms with Gasteiger partial charge in [0.25, 0.3) is 0 Å². The molecule has 3 aromatic rings. The minimum Gasteiger partial charge on any atom is -0.495 e. The van der Waals surface area contributed by atoms with Crippen LogP contribution in [0.3, 0.4) is 0 Å². The van der Waals surface area contributed by atoms with E-state index >= 15 is 0 Å². The molecule has 7 nitrogen and oxygen atoms in total. The number of hydrogen-bond donors (Lipinski definition) is 1. The van der Waals surface area contributed by atoms with E-state index in [2.05, 4.69) is 63.4 Å². The molecule has 1 N–H and O–H groups in total. The van der Waals surface area contributed by atoms with Gasteiger partial charge in [0.1, 0.15) is 5.75 Å². The Morgan fingerprint density at radius 1 is 0.966 bits per heavy atom. The minimum atomic E-state index is 0.517. The quantitative estimate of drug-likeness (QED) is 0.714. The molecule has 0 atom stereocenters. The van der Waals surface area contributed by atoms with E-state index in [9.17, 15) is 0 Å². The molecule has 0 unspecified atom stereocenters. The highest BCUT2D eigenvalue weighted by Crippen LogP contribution is 2.29. The highest BCUT2D eigenvalue weighted by atomic mass is 16.5. The first-order valence-corrected chi connectivity index (χ1v) is 9.81. The molecule has 7 heteroatoms. The highest BCUT2D eigenvalue weighted by molar-refractivity contribution is 5.61. The van der Waals surface area contributed by atoms with Crippen LogP contribution >= 0.6 is 0 Å². The zero-order valence-corrected chi connectivity index (χ0v) is 17.1. The minimum absolute atomic E-state index is 0.517. The molecular weight excluding hydrogens is 364 g/mol. The second kappa shape index (κ2) is 8.34. The predicted octanol–water partition coefficient (Wildman–Crippen LogP) is 3.57. The Bertz CT molecular complexity index is 985. The molecule has 0 spiro atoms. The molecule has 150 valence electrons. The number of ether oxygens (including phenoxy) is 1. The average Bonchev–Trinajstić information content (AvgIpc) is 2.76. The first-order valence-electron chi connectivity index (χ1n) is 9.81. The number of nitrogens with one attached hydrogen (secondary N) is 1. The number of para-hydroxylation sites is 2. The molecule has 1 aliphatic rings. The van der Waals surface area contributed by atoms with Crippen molar-refractivity contribution < 1.29 is 4.74 Å². The van der Waals surface area contributed by atoms with Gasteiger partial charge in [-0.2, -0.15) is 10.1 Å². The van der Waals surface area contributed by atoms with Gasteiger partial charge in [0.05, 0.1) is 19.0 Å². The summed E-state index contributed by atoms with van der Waals surface area (Å²) in [4.78, 5) is 9.28. The number of aryl methyl sites for hydroxylation is 2. The lowest BCUT2D eigenvalue weighted by Crippen LogP contribution is -2.47. The Morgan fingerprint density at radius 2 is 1.72 bits per heavy atom. The monoisotopic (exact) mass is 390 g/mol. The molecule has 2 aromatic carbocycles. The molecule has 0 bridgehead atoms. The SMILES string of the molecule is COc1ccccc1N1CCN(c2cnnc(Nc3cc(C)ccc3C)n2)CC1. The second-order valence-electron chi connectivity index (χ2n) is 7.23. The molecule has 0 saturated carbocycles. The molecule has 2 heterocycles. The van der Waals surface area contributed by atoms with Crippen LogP contribution < -0.4 is 19.9 Å². The summed E-state index contributed by atoms with van der Waals surface area (Å²) in [5.41, 5.74) is 4.47. The van der Waals surface area contributed by atoms with Crippen LogP contribution in [0, 0.1) is 13.8 Å². The molecule has 1 aromatic heterocycles. The Labute approximate surface area is 171 Å². The van der Waals surface area contributed by atoms with Gasteiger partial charge in [0, 0.05) is 31.9 Å².